The highest BCUT2D eigenvalue weighted by molar-refractivity contribution is 5.77. The monoisotopic (exact) mass is 271 g/mol. The number of rotatable bonds is 3. The van der Waals surface area contributed by atoms with Crippen LogP contribution in [0, 0.1) is 11.3 Å². The van der Waals surface area contributed by atoms with Crippen molar-refractivity contribution in [3.8, 4) is 28.8 Å². The first kappa shape index (κ1) is 13.4. The normalized spacial score (nSPS) is 9.85. The number of nitrogen functional groups attached to an aromatic ring is 2. The van der Waals surface area contributed by atoms with Gasteiger partial charge in [0.1, 0.15) is 28.9 Å². The van der Waals surface area contributed by atoms with E-state index in [1.165, 1.54) is 7.11 Å². The minimum Gasteiger partial charge on any atom is -0.497 e. The molecule has 0 bridgehead atoms. The molecule has 1 aromatic carbocycles. The second-order valence-electron chi connectivity index (χ2n) is 3.87. The first-order valence-electron chi connectivity index (χ1n) is 5.66. The second-order valence-corrected chi connectivity index (χ2v) is 3.87. The Hall–Kier alpha value is -3.01. The molecule has 20 heavy (non-hydrogen) atoms. The summed E-state index contributed by atoms with van der Waals surface area (Å²) in [6.45, 7) is 0. The quantitative estimate of drug-likeness (QED) is 0.860. The molecule has 2 rings (SSSR count). The standard InChI is InChI=1S/C13H13N5O2/c1-19-7-3-4-8(10(5-7)20-2)11-9(6-14)12(15)18-13(16)17-11/h3-5H,1-2H3,(H4,15,16,17,18). The molecule has 7 heteroatoms. The van der Waals surface area contributed by atoms with Gasteiger partial charge in [0.25, 0.3) is 0 Å². The molecule has 0 radical (unpaired) electrons. The Labute approximate surface area is 115 Å². The average molecular weight is 271 g/mol. The van der Waals surface area contributed by atoms with Gasteiger partial charge in [0.2, 0.25) is 5.95 Å². The first-order chi connectivity index (χ1) is 9.60. The van der Waals surface area contributed by atoms with E-state index in [2.05, 4.69) is 9.97 Å². The average Bonchev–Trinajstić information content (AvgIpc) is 2.45. The van der Waals surface area contributed by atoms with Crippen LogP contribution >= 0.6 is 0 Å². The van der Waals surface area contributed by atoms with E-state index < -0.39 is 0 Å². The van der Waals surface area contributed by atoms with E-state index in [0.717, 1.165) is 0 Å². The van der Waals surface area contributed by atoms with Crippen molar-refractivity contribution in [1.82, 2.24) is 9.97 Å². The molecule has 1 aromatic heterocycles. The fourth-order valence-electron chi connectivity index (χ4n) is 1.80. The maximum Gasteiger partial charge on any atom is 0.222 e. The summed E-state index contributed by atoms with van der Waals surface area (Å²) in [4.78, 5) is 7.86. The lowest BCUT2D eigenvalue weighted by Gasteiger charge is -2.12. The number of nitrogens with two attached hydrogens (primary N) is 2. The summed E-state index contributed by atoms with van der Waals surface area (Å²) in [5.41, 5.74) is 12.4. The van der Waals surface area contributed by atoms with Crippen LogP contribution in [0.25, 0.3) is 11.3 Å². The zero-order valence-electron chi connectivity index (χ0n) is 11.0. The molecule has 0 fully saturated rings. The van der Waals surface area contributed by atoms with Gasteiger partial charge in [-0.15, -0.1) is 0 Å². The summed E-state index contributed by atoms with van der Waals surface area (Å²) in [6.07, 6.45) is 0. The van der Waals surface area contributed by atoms with Crippen LogP contribution in [0.1, 0.15) is 5.56 Å². The molecule has 7 nitrogen and oxygen atoms in total. The van der Waals surface area contributed by atoms with Gasteiger partial charge in [0.15, 0.2) is 0 Å². The number of anilines is 2. The van der Waals surface area contributed by atoms with Crippen molar-refractivity contribution in [3.05, 3.63) is 23.8 Å². The van der Waals surface area contributed by atoms with E-state index in [0.29, 0.717) is 22.8 Å². The van der Waals surface area contributed by atoms with Crippen LogP contribution in [0.15, 0.2) is 18.2 Å². The van der Waals surface area contributed by atoms with Crippen molar-refractivity contribution >= 4 is 11.8 Å². The minimum atomic E-state index is -0.00521. The van der Waals surface area contributed by atoms with Crippen LogP contribution in [0.2, 0.25) is 0 Å². The highest BCUT2D eigenvalue weighted by Crippen LogP contribution is 2.35. The fraction of sp³-hybridized carbons (Fsp3) is 0.154. The van der Waals surface area contributed by atoms with E-state index >= 15 is 0 Å². The molecule has 0 saturated carbocycles. The van der Waals surface area contributed by atoms with Crippen molar-refractivity contribution < 1.29 is 9.47 Å². The molecular formula is C13H13N5O2. The smallest absolute Gasteiger partial charge is 0.222 e. The fourth-order valence-corrected chi connectivity index (χ4v) is 1.80. The Morgan fingerprint density at radius 2 is 1.90 bits per heavy atom. The van der Waals surface area contributed by atoms with Crippen molar-refractivity contribution in [2.75, 3.05) is 25.7 Å². The maximum atomic E-state index is 9.20. The Morgan fingerprint density at radius 1 is 1.15 bits per heavy atom. The largest absolute Gasteiger partial charge is 0.497 e. The van der Waals surface area contributed by atoms with E-state index in [-0.39, 0.29) is 17.3 Å². The van der Waals surface area contributed by atoms with E-state index in [1.807, 2.05) is 6.07 Å². The third kappa shape index (κ3) is 2.27. The second kappa shape index (κ2) is 5.32. The Balaban J connectivity index is 2.71. The number of hydrogen-bond acceptors (Lipinski definition) is 7. The molecule has 0 atom stereocenters. The molecule has 0 aliphatic carbocycles. The van der Waals surface area contributed by atoms with Gasteiger partial charge in [0.05, 0.1) is 19.9 Å². The zero-order valence-corrected chi connectivity index (χ0v) is 11.0. The predicted octanol–water partition coefficient (Wildman–Crippen LogP) is 1.20. The van der Waals surface area contributed by atoms with Crippen molar-refractivity contribution in [1.29, 1.82) is 5.26 Å². The highest BCUT2D eigenvalue weighted by Gasteiger charge is 2.17. The Morgan fingerprint density at radius 3 is 2.50 bits per heavy atom. The number of aromatic nitrogens is 2. The number of hydrogen-bond donors (Lipinski definition) is 2. The number of nitriles is 1. The summed E-state index contributed by atoms with van der Waals surface area (Å²) < 4.78 is 10.4. The molecule has 0 aliphatic heterocycles. The van der Waals surface area contributed by atoms with Crippen LogP contribution in [0.4, 0.5) is 11.8 Å². The molecular weight excluding hydrogens is 258 g/mol. The van der Waals surface area contributed by atoms with Crippen LogP contribution < -0.4 is 20.9 Å². The lowest BCUT2D eigenvalue weighted by Crippen LogP contribution is -2.05. The summed E-state index contributed by atoms with van der Waals surface area (Å²) in [6, 6.07) is 7.11. The van der Waals surface area contributed by atoms with Crippen LogP contribution in [-0.4, -0.2) is 24.2 Å². The minimum absolute atomic E-state index is 0.00521. The van der Waals surface area contributed by atoms with Crippen molar-refractivity contribution in [2.24, 2.45) is 0 Å². The van der Waals surface area contributed by atoms with Crippen molar-refractivity contribution in [3.63, 3.8) is 0 Å². The molecule has 0 saturated heterocycles. The highest BCUT2D eigenvalue weighted by atomic mass is 16.5. The van der Waals surface area contributed by atoms with E-state index in [4.69, 9.17) is 20.9 Å². The third-order valence-electron chi connectivity index (χ3n) is 2.73. The summed E-state index contributed by atoms with van der Waals surface area (Å²) in [5, 5.41) is 9.20. The first-order valence-corrected chi connectivity index (χ1v) is 5.66. The molecule has 4 N–H and O–H groups in total. The van der Waals surface area contributed by atoms with Crippen molar-refractivity contribution in [2.45, 2.75) is 0 Å². The number of benzene rings is 1. The van der Waals surface area contributed by atoms with Gasteiger partial charge in [-0.25, -0.2) is 4.98 Å². The van der Waals surface area contributed by atoms with Crippen LogP contribution in [-0.2, 0) is 0 Å². The third-order valence-corrected chi connectivity index (χ3v) is 2.73. The topological polar surface area (TPSA) is 120 Å². The van der Waals surface area contributed by atoms with E-state index in [9.17, 15) is 5.26 Å². The summed E-state index contributed by atoms with van der Waals surface area (Å²) >= 11 is 0. The van der Waals surface area contributed by atoms with Gasteiger partial charge in [-0.1, -0.05) is 0 Å². The van der Waals surface area contributed by atoms with Gasteiger partial charge in [-0.2, -0.15) is 10.2 Å². The SMILES string of the molecule is COc1ccc(-c2nc(N)nc(N)c2C#N)c(OC)c1. The molecule has 1 heterocycles. The molecule has 0 aliphatic rings. The number of methoxy groups -OCH3 is 2. The molecule has 0 amide bonds. The Bertz CT molecular complexity index is 694. The number of nitrogens with zero attached hydrogens (tertiary/aromatic N) is 3. The summed E-state index contributed by atoms with van der Waals surface area (Å²) in [5.74, 6) is 1.15. The van der Waals surface area contributed by atoms with Crippen LogP contribution in [0.3, 0.4) is 0 Å². The Kier molecular flexibility index (Phi) is 3.57. The lowest BCUT2D eigenvalue weighted by atomic mass is 10.1. The lowest BCUT2D eigenvalue weighted by molar-refractivity contribution is 0.395. The van der Waals surface area contributed by atoms with Gasteiger partial charge in [-0.3, -0.25) is 0 Å². The van der Waals surface area contributed by atoms with Gasteiger partial charge in [0, 0.05) is 11.6 Å². The predicted molar refractivity (Wildman–Crippen MR) is 74.1 cm³/mol. The van der Waals surface area contributed by atoms with E-state index in [1.54, 1.807) is 25.3 Å². The molecule has 0 unspecified atom stereocenters. The van der Waals surface area contributed by atoms with Gasteiger partial charge in [-0.05, 0) is 12.1 Å². The molecule has 102 valence electrons. The van der Waals surface area contributed by atoms with Gasteiger partial charge >= 0.3 is 0 Å². The van der Waals surface area contributed by atoms with Crippen LogP contribution in [0.5, 0.6) is 11.5 Å². The number of ether oxygens (including phenoxy) is 2. The summed E-state index contributed by atoms with van der Waals surface area (Å²) in [7, 11) is 3.06. The molecule has 2 aromatic rings. The molecule has 0 spiro atoms. The van der Waals surface area contributed by atoms with Gasteiger partial charge < -0.3 is 20.9 Å². The maximum absolute atomic E-state index is 9.20. The zero-order chi connectivity index (χ0) is 14.7.